The molecule has 1 aromatic carbocycles. The average molecular weight is 297 g/mol. The molecule has 0 aliphatic carbocycles. The lowest BCUT2D eigenvalue weighted by Crippen LogP contribution is -2.04. The summed E-state index contributed by atoms with van der Waals surface area (Å²) in [5, 5.41) is 9.96. The van der Waals surface area contributed by atoms with Crippen LogP contribution in [0.2, 0.25) is 0 Å². The molecule has 0 saturated heterocycles. The highest BCUT2D eigenvalue weighted by Crippen LogP contribution is 2.18. The third-order valence-electron chi connectivity index (χ3n) is 3.82. The number of rotatable bonds is 6. The molecular weight excluding hydrogens is 278 g/mol. The number of aromatic carboxylic acids is 1. The Morgan fingerprint density at radius 1 is 1.36 bits per heavy atom. The Morgan fingerprint density at radius 2 is 2.23 bits per heavy atom. The number of nitrogens with zero attached hydrogens (tertiary/aromatic N) is 2. The summed E-state index contributed by atoms with van der Waals surface area (Å²) in [4.78, 5) is 18.3. The third kappa shape index (κ3) is 2.88. The van der Waals surface area contributed by atoms with Crippen molar-refractivity contribution in [3.63, 3.8) is 0 Å². The summed E-state index contributed by atoms with van der Waals surface area (Å²) in [6.07, 6.45) is 7.10. The van der Waals surface area contributed by atoms with Gasteiger partial charge in [0.2, 0.25) is 0 Å². The van der Waals surface area contributed by atoms with Crippen LogP contribution >= 0.6 is 0 Å². The molecule has 0 saturated carbocycles. The molecule has 5 heteroatoms. The van der Waals surface area contributed by atoms with Crippen LogP contribution in [0.1, 0.15) is 41.6 Å². The molecule has 0 amide bonds. The number of H-pyrrole nitrogens is 1. The van der Waals surface area contributed by atoms with Gasteiger partial charge in [-0.15, -0.1) is 0 Å². The van der Waals surface area contributed by atoms with Gasteiger partial charge in [0.15, 0.2) is 0 Å². The number of carboxylic acids is 1. The number of aromatic amines is 1. The van der Waals surface area contributed by atoms with E-state index in [0.717, 1.165) is 48.1 Å². The zero-order valence-electron chi connectivity index (χ0n) is 12.5. The fourth-order valence-corrected chi connectivity index (χ4v) is 2.64. The van der Waals surface area contributed by atoms with Crippen LogP contribution in [0.15, 0.2) is 36.7 Å². The molecule has 3 rings (SSSR count). The van der Waals surface area contributed by atoms with Crippen LogP contribution in [0, 0.1) is 0 Å². The monoisotopic (exact) mass is 297 g/mol. The number of carbonyl (C=O) groups is 1. The molecule has 0 atom stereocenters. The van der Waals surface area contributed by atoms with E-state index < -0.39 is 5.97 Å². The quantitative estimate of drug-likeness (QED) is 0.732. The summed E-state index contributed by atoms with van der Waals surface area (Å²) in [5.41, 5.74) is 2.20. The Hall–Kier alpha value is -2.56. The van der Waals surface area contributed by atoms with Crippen LogP contribution in [0.3, 0.4) is 0 Å². The molecule has 0 unspecified atom stereocenters. The number of aromatic nitrogens is 3. The number of unbranched alkanes of at least 4 members (excludes halogenated alkanes) is 1. The van der Waals surface area contributed by atoms with Crippen molar-refractivity contribution in [2.24, 2.45) is 0 Å². The van der Waals surface area contributed by atoms with Gasteiger partial charge in [-0.1, -0.05) is 19.4 Å². The minimum atomic E-state index is -0.936. The first-order valence-electron chi connectivity index (χ1n) is 7.52. The van der Waals surface area contributed by atoms with Gasteiger partial charge in [0.25, 0.3) is 0 Å². The van der Waals surface area contributed by atoms with Gasteiger partial charge in [0.1, 0.15) is 11.5 Å². The summed E-state index contributed by atoms with van der Waals surface area (Å²) in [5.74, 6) is 0.163. The van der Waals surface area contributed by atoms with Crippen LogP contribution < -0.4 is 0 Å². The third-order valence-corrected chi connectivity index (χ3v) is 3.82. The van der Waals surface area contributed by atoms with Crippen LogP contribution in [0.4, 0.5) is 0 Å². The molecular formula is C17H19N3O2. The van der Waals surface area contributed by atoms with E-state index in [2.05, 4.69) is 21.5 Å². The van der Waals surface area contributed by atoms with Crippen molar-refractivity contribution in [2.45, 2.75) is 32.7 Å². The Labute approximate surface area is 128 Å². The summed E-state index contributed by atoms with van der Waals surface area (Å²) in [6, 6.07) is 7.66. The molecule has 22 heavy (non-hydrogen) atoms. The van der Waals surface area contributed by atoms with Gasteiger partial charge < -0.3 is 14.7 Å². The van der Waals surface area contributed by atoms with E-state index in [1.165, 1.54) is 0 Å². The predicted molar refractivity (Wildman–Crippen MR) is 85.2 cm³/mol. The summed E-state index contributed by atoms with van der Waals surface area (Å²) >= 11 is 0. The van der Waals surface area contributed by atoms with Crippen LogP contribution in [-0.4, -0.2) is 25.6 Å². The number of hydrogen-bond donors (Lipinski definition) is 2. The second-order valence-corrected chi connectivity index (χ2v) is 5.48. The van der Waals surface area contributed by atoms with Crippen molar-refractivity contribution >= 4 is 16.9 Å². The lowest BCUT2D eigenvalue weighted by atomic mass is 10.1. The summed E-state index contributed by atoms with van der Waals surface area (Å²) < 4.78 is 2.15. The predicted octanol–water partition coefficient (Wildman–Crippen LogP) is 3.45. The van der Waals surface area contributed by atoms with E-state index in [9.17, 15) is 4.79 Å². The van der Waals surface area contributed by atoms with Crippen LogP contribution in [0.25, 0.3) is 10.9 Å². The van der Waals surface area contributed by atoms with Gasteiger partial charge in [0, 0.05) is 36.3 Å². The second-order valence-electron chi connectivity index (χ2n) is 5.48. The van der Waals surface area contributed by atoms with Crippen molar-refractivity contribution in [1.82, 2.24) is 14.5 Å². The van der Waals surface area contributed by atoms with Gasteiger partial charge in [-0.25, -0.2) is 9.78 Å². The second kappa shape index (κ2) is 6.05. The van der Waals surface area contributed by atoms with E-state index in [1.807, 2.05) is 30.6 Å². The molecule has 0 aliphatic heterocycles. The Balaban J connectivity index is 1.84. The van der Waals surface area contributed by atoms with Crippen molar-refractivity contribution < 1.29 is 9.90 Å². The molecule has 2 N–H and O–H groups in total. The van der Waals surface area contributed by atoms with Crippen LogP contribution in [-0.2, 0) is 13.0 Å². The van der Waals surface area contributed by atoms with Crippen molar-refractivity contribution in [2.75, 3.05) is 0 Å². The fourth-order valence-electron chi connectivity index (χ4n) is 2.64. The minimum absolute atomic E-state index is 0.221. The lowest BCUT2D eigenvalue weighted by molar-refractivity contribution is 0.0691. The fraction of sp³-hybridized carbons (Fsp3) is 0.294. The average Bonchev–Trinajstić information content (AvgIpc) is 3.11. The van der Waals surface area contributed by atoms with Gasteiger partial charge in [-0.2, -0.15) is 0 Å². The summed E-state index contributed by atoms with van der Waals surface area (Å²) in [6.45, 7) is 2.93. The van der Waals surface area contributed by atoms with E-state index in [4.69, 9.17) is 5.11 Å². The number of imidazole rings is 1. The topological polar surface area (TPSA) is 70.9 Å². The molecule has 0 aliphatic rings. The Bertz CT molecular complexity index is 801. The normalized spacial score (nSPS) is 11.1. The highest BCUT2D eigenvalue weighted by atomic mass is 16.4. The number of fused-ring (bicyclic) bond motifs is 1. The van der Waals surface area contributed by atoms with Crippen LogP contribution in [0.5, 0.6) is 0 Å². The zero-order valence-corrected chi connectivity index (χ0v) is 12.5. The number of nitrogens with one attached hydrogen (secondary N) is 1. The molecule has 0 radical (unpaired) electrons. The maximum Gasteiger partial charge on any atom is 0.352 e. The molecule has 0 fully saturated rings. The first kappa shape index (κ1) is 14.4. The van der Waals surface area contributed by atoms with Gasteiger partial charge in [-0.3, -0.25) is 0 Å². The highest BCUT2D eigenvalue weighted by molar-refractivity contribution is 5.93. The number of benzene rings is 1. The first-order valence-corrected chi connectivity index (χ1v) is 7.52. The highest BCUT2D eigenvalue weighted by Gasteiger charge is 2.08. The molecule has 0 spiro atoms. The lowest BCUT2D eigenvalue weighted by Gasteiger charge is -2.08. The van der Waals surface area contributed by atoms with Gasteiger partial charge >= 0.3 is 5.97 Å². The van der Waals surface area contributed by atoms with Crippen molar-refractivity contribution in [3.8, 4) is 0 Å². The van der Waals surface area contributed by atoms with Crippen molar-refractivity contribution in [1.29, 1.82) is 0 Å². The molecule has 2 heterocycles. The molecule has 0 bridgehead atoms. The van der Waals surface area contributed by atoms with E-state index in [0.29, 0.717) is 0 Å². The Morgan fingerprint density at radius 3 is 3.00 bits per heavy atom. The van der Waals surface area contributed by atoms with E-state index in [-0.39, 0.29) is 5.69 Å². The maximum absolute atomic E-state index is 11.0. The molecule has 2 aromatic heterocycles. The molecule has 3 aromatic rings. The van der Waals surface area contributed by atoms with E-state index >= 15 is 0 Å². The van der Waals surface area contributed by atoms with Gasteiger partial charge in [0.05, 0.1) is 0 Å². The largest absolute Gasteiger partial charge is 0.477 e. The molecule has 114 valence electrons. The zero-order chi connectivity index (χ0) is 15.5. The SMILES string of the molecule is CCCCc1nccn1Cc1ccc2[nH]c(C(=O)O)cc2c1. The van der Waals surface area contributed by atoms with Crippen molar-refractivity contribution in [3.05, 3.63) is 53.7 Å². The standard InChI is InChI=1S/C17H19N3O2/c1-2-3-4-16-18-7-8-20(16)11-12-5-6-14-13(9-12)10-15(19-14)17(21)22/h5-10,19H,2-4,11H2,1H3,(H,21,22). The summed E-state index contributed by atoms with van der Waals surface area (Å²) in [7, 11) is 0. The smallest absolute Gasteiger partial charge is 0.352 e. The molecule has 5 nitrogen and oxygen atoms in total. The minimum Gasteiger partial charge on any atom is -0.477 e. The maximum atomic E-state index is 11.0. The van der Waals surface area contributed by atoms with E-state index in [1.54, 1.807) is 6.07 Å². The number of aryl methyl sites for hydroxylation is 1. The number of hydrogen-bond acceptors (Lipinski definition) is 2. The van der Waals surface area contributed by atoms with Gasteiger partial charge in [-0.05, 0) is 30.2 Å². The number of carboxylic acid groups (broad SMARTS) is 1. The first-order chi connectivity index (χ1) is 10.7. The Kier molecular flexibility index (Phi) is 3.96.